The first kappa shape index (κ1) is 20.5. The Morgan fingerprint density at radius 3 is 1.88 bits per heavy atom. The molecule has 5 aromatic rings. The predicted molar refractivity (Wildman–Crippen MR) is 130 cm³/mol. The molecule has 0 fully saturated rings. The molecule has 33 heavy (non-hydrogen) atoms. The predicted octanol–water partition coefficient (Wildman–Crippen LogP) is 5.59. The fraction of sp³-hybridized carbons (Fsp3) is 0.0741. The lowest BCUT2D eigenvalue weighted by molar-refractivity contribution is 0.101. The van der Waals surface area contributed by atoms with E-state index in [0.717, 1.165) is 34.0 Å². The van der Waals surface area contributed by atoms with Crippen molar-refractivity contribution < 1.29 is 4.79 Å². The first-order valence-electron chi connectivity index (χ1n) is 10.8. The molecule has 2 aromatic heterocycles. The third-order valence-corrected chi connectivity index (χ3v) is 5.54. The highest BCUT2D eigenvalue weighted by Gasteiger charge is 2.21. The van der Waals surface area contributed by atoms with Gasteiger partial charge in [0, 0.05) is 5.56 Å². The lowest BCUT2D eigenvalue weighted by atomic mass is 10.1. The molecule has 2 heterocycles. The fourth-order valence-corrected chi connectivity index (χ4v) is 3.88. The second kappa shape index (κ2) is 8.59. The highest BCUT2D eigenvalue weighted by atomic mass is 16.2. The van der Waals surface area contributed by atoms with Gasteiger partial charge in [-0.2, -0.15) is 10.2 Å². The highest BCUT2D eigenvalue weighted by molar-refractivity contribution is 6.04. The average molecular weight is 434 g/mol. The van der Waals surface area contributed by atoms with E-state index in [0.29, 0.717) is 11.4 Å². The average Bonchev–Trinajstić information content (AvgIpc) is 3.43. The van der Waals surface area contributed by atoms with E-state index >= 15 is 0 Å². The van der Waals surface area contributed by atoms with Gasteiger partial charge in [-0.3, -0.25) is 4.79 Å². The smallest absolute Gasteiger partial charge is 0.274 e. The lowest BCUT2D eigenvalue weighted by Gasteiger charge is -2.09. The van der Waals surface area contributed by atoms with Crippen LogP contribution in [-0.4, -0.2) is 25.5 Å². The standard InChI is InChI=1S/C27H23N5O/c1-19-26(20(2)31(29-19)22-14-8-4-9-15-22)28-27(33)25-18-24(21-12-6-3-7-13-21)30-32(25)23-16-10-5-11-17-23/h3-18H,1-2H3,(H,28,33). The van der Waals surface area contributed by atoms with Gasteiger partial charge in [0.15, 0.2) is 0 Å². The van der Waals surface area contributed by atoms with Gasteiger partial charge >= 0.3 is 0 Å². The molecule has 0 radical (unpaired) electrons. The van der Waals surface area contributed by atoms with Gasteiger partial charge < -0.3 is 5.32 Å². The normalized spacial score (nSPS) is 10.8. The molecule has 1 N–H and O–H groups in total. The molecule has 0 unspecified atom stereocenters. The summed E-state index contributed by atoms with van der Waals surface area (Å²) in [5.41, 5.74) is 6.21. The molecule has 6 nitrogen and oxygen atoms in total. The largest absolute Gasteiger partial charge is 0.317 e. The van der Waals surface area contributed by atoms with Crippen molar-refractivity contribution in [1.29, 1.82) is 0 Å². The first-order chi connectivity index (χ1) is 16.1. The van der Waals surface area contributed by atoms with Gasteiger partial charge in [-0.15, -0.1) is 0 Å². The minimum atomic E-state index is -0.243. The molecule has 0 saturated carbocycles. The van der Waals surface area contributed by atoms with E-state index < -0.39 is 0 Å². The zero-order chi connectivity index (χ0) is 22.8. The second-order valence-corrected chi connectivity index (χ2v) is 7.78. The van der Waals surface area contributed by atoms with Crippen molar-refractivity contribution in [2.75, 3.05) is 5.32 Å². The van der Waals surface area contributed by atoms with E-state index in [1.807, 2.05) is 116 Å². The minimum Gasteiger partial charge on any atom is -0.317 e. The molecule has 162 valence electrons. The summed E-state index contributed by atoms with van der Waals surface area (Å²) < 4.78 is 3.53. The lowest BCUT2D eigenvalue weighted by Crippen LogP contribution is -2.17. The molecule has 0 saturated heterocycles. The van der Waals surface area contributed by atoms with Gasteiger partial charge in [0.25, 0.3) is 5.91 Å². The van der Waals surface area contributed by atoms with Gasteiger partial charge in [0.1, 0.15) is 5.69 Å². The quantitative estimate of drug-likeness (QED) is 0.393. The molecular formula is C27H23N5O. The number of aryl methyl sites for hydroxylation is 1. The molecule has 0 aliphatic carbocycles. The summed E-state index contributed by atoms with van der Waals surface area (Å²) in [5, 5.41) is 12.5. The van der Waals surface area contributed by atoms with Crippen LogP contribution in [0.3, 0.4) is 0 Å². The molecule has 0 aliphatic rings. The maximum atomic E-state index is 13.5. The summed E-state index contributed by atoms with van der Waals surface area (Å²) in [6, 6.07) is 31.2. The Labute approximate surface area is 192 Å². The van der Waals surface area contributed by atoms with Crippen LogP contribution in [0.25, 0.3) is 22.6 Å². The number of anilines is 1. The Bertz CT molecular complexity index is 1400. The van der Waals surface area contributed by atoms with E-state index in [2.05, 4.69) is 10.4 Å². The van der Waals surface area contributed by atoms with Crippen molar-refractivity contribution in [3.8, 4) is 22.6 Å². The molecule has 1 amide bonds. The fourth-order valence-electron chi connectivity index (χ4n) is 3.88. The van der Waals surface area contributed by atoms with Crippen LogP contribution in [0.4, 0.5) is 5.69 Å². The van der Waals surface area contributed by atoms with Gasteiger partial charge in [0.05, 0.1) is 34.1 Å². The van der Waals surface area contributed by atoms with Crippen LogP contribution in [-0.2, 0) is 0 Å². The monoisotopic (exact) mass is 433 g/mol. The van der Waals surface area contributed by atoms with Crippen LogP contribution in [0.5, 0.6) is 0 Å². The summed E-state index contributed by atoms with van der Waals surface area (Å²) in [6.45, 7) is 3.85. The number of nitrogens with zero attached hydrogens (tertiary/aromatic N) is 4. The van der Waals surface area contributed by atoms with Crippen LogP contribution in [0.2, 0.25) is 0 Å². The Kier molecular flexibility index (Phi) is 5.32. The number of para-hydroxylation sites is 2. The van der Waals surface area contributed by atoms with Crippen LogP contribution in [0.15, 0.2) is 97.1 Å². The summed E-state index contributed by atoms with van der Waals surface area (Å²) in [7, 11) is 0. The van der Waals surface area contributed by atoms with Crippen LogP contribution >= 0.6 is 0 Å². The highest BCUT2D eigenvalue weighted by Crippen LogP contribution is 2.26. The van der Waals surface area contributed by atoms with Crippen molar-refractivity contribution in [2.45, 2.75) is 13.8 Å². The molecule has 0 spiro atoms. The van der Waals surface area contributed by atoms with Gasteiger partial charge in [0.2, 0.25) is 0 Å². The zero-order valence-corrected chi connectivity index (χ0v) is 18.4. The Balaban J connectivity index is 1.54. The number of hydrogen-bond acceptors (Lipinski definition) is 3. The Hall–Kier alpha value is -4.45. The van der Waals surface area contributed by atoms with Crippen LogP contribution < -0.4 is 5.32 Å². The van der Waals surface area contributed by atoms with Gasteiger partial charge in [-0.25, -0.2) is 9.36 Å². The van der Waals surface area contributed by atoms with Crippen molar-refractivity contribution in [3.05, 3.63) is 114 Å². The van der Waals surface area contributed by atoms with Crippen LogP contribution in [0, 0.1) is 13.8 Å². The maximum absolute atomic E-state index is 13.5. The first-order valence-corrected chi connectivity index (χ1v) is 10.8. The maximum Gasteiger partial charge on any atom is 0.274 e. The van der Waals surface area contributed by atoms with Gasteiger partial charge in [-0.1, -0.05) is 66.7 Å². The molecule has 0 atom stereocenters. The number of aromatic nitrogens is 4. The van der Waals surface area contributed by atoms with Crippen molar-refractivity contribution >= 4 is 11.6 Å². The zero-order valence-electron chi connectivity index (χ0n) is 18.4. The van der Waals surface area contributed by atoms with E-state index in [9.17, 15) is 4.79 Å². The SMILES string of the molecule is Cc1nn(-c2ccccc2)c(C)c1NC(=O)c1cc(-c2ccccc2)nn1-c1ccccc1. The van der Waals surface area contributed by atoms with E-state index in [1.165, 1.54) is 0 Å². The third-order valence-electron chi connectivity index (χ3n) is 5.54. The third kappa shape index (κ3) is 3.94. The number of nitrogens with one attached hydrogen (secondary N) is 1. The number of carbonyl (C=O) groups excluding carboxylic acids is 1. The minimum absolute atomic E-state index is 0.243. The molecular weight excluding hydrogens is 410 g/mol. The summed E-state index contributed by atoms with van der Waals surface area (Å²) >= 11 is 0. The molecule has 0 aliphatic heterocycles. The molecule has 3 aromatic carbocycles. The molecule has 5 rings (SSSR count). The molecule has 6 heteroatoms. The summed E-state index contributed by atoms with van der Waals surface area (Å²) in [6.07, 6.45) is 0. The number of rotatable bonds is 5. The van der Waals surface area contributed by atoms with Crippen molar-refractivity contribution in [2.24, 2.45) is 0 Å². The Morgan fingerprint density at radius 1 is 0.727 bits per heavy atom. The van der Waals surface area contributed by atoms with E-state index in [-0.39, 0.29) is 5.91 Å². The molecule has 0 bridgehead atoms. The second-order valence-electron chi connectivity index (χ2n) is 7.78. The van der Waals surface area contributed by atoms with E-state index in [4.69, 9.17) is 5.10 Å². The number of hydrogen-bond donors (Lipinski definition) is 1. The summed E-state index contributed by atoms with van der Waals surface area (Å²) in [4.78, 5) is 13.5. The van der Waals surface area contributed by atoms with Gasteiger partial charge in [-0.05, 0) is 44.2 Å². The topological polar surface area (TPSA) is 64.7 Å². The van der Waals surface area contributed by atoms with Crippen LogP contribution in [0.1, 0.15) is 21.9 Å². The number of amides is 1. The summed E-state index contributed by atoms with van der Waals surface area (Å²) in [5.74, 6) is -0.243. The van der Waals surface area contributed by atoms with Crippen molar-refractivity contribution in [1.82, 2.24) is 19.6 Å². The van der Waals surface area contributed by atoms with Crippen molar-refractivity contribution in [3.63, 3.8) is 0 Å². The number of benzene rings is 3. The van der Waals surface area contributed by atoms with E-state index in [1.54, 1.807) is 4.68 Å². The number of carbonyl (C=O) groups is 1. The Morgan fingerprint density at radius 2 is 1.27 bits per heavy atom.